The van der Waals surface area contributed by atoms with Gasteiger partial charge in [-0.25, -0.2) is 4.39 Å². The Balaban J connectivity index is 3.55. The molecule has 2 N–H and O–H groups in total. The van der Waals surface area contributed by atoms with E-state index in [1.165, 1.54) is 7.11 Å². The zero-order valence-electron chi connectivity index (χ0n) is 9.34. The number of methoxy groups -OCH3 is 1. The summed E-state index contributed by atoms with van der Waals surface area (Å²) >= 11 is 3.21. The third-order valence-electron chi connectivity index (χ3n) is 2.44. The van der Waals surface area contributed by atoms with E-state index in [9.17, 15) is 14.6 Å². The Hall–Kier alpha value is -0.810. The monoisotopic (exact) mass is 292 g/mol. The zero-order valence-corrected chi connectivity index (χ0v) is 10.9. The van der Waals surface area contributed by atoms with Gasteiger partial charge < -0.3 is 14.9 Å². The maximum atomic E-state index is 13.3. The molecule has 3 nitrogen and oxygen atoms in total. The first-order valence-electron chi connectivity index (χ1n) is 4.71. The van der Waals surface area contributed by atoms with Crippen LogP contribution in [0.5, 0.6) is 11.5 Å². The molecule has 0 fully saturated rings. The van der Waals surface area contributed by atoms with Gasteiger partial charge in [0.2, 0.25) is 0 Å². The first kappa shape index (κ1) is 13.3. The smallest absolute Gasteiger partial charge is 0.194 e. The lowest BCUT2D eigenvalue weighted by atomic mass is 9.84. The van der Waals surface area contributed by atoms with Gasteiger partial charge in [0.15, 0.2) is 17.3 Å². The van der Waals surface area contributed by atoms with Crippen LogP contribution in [0.4, 0.5) is 4.39 Å². The molecule has 1 aromatic rings. The predicted molar refractivity (Wildman–Crippen MR) is 62.4 cm³/mol. The molecule has 0 radical (unpaired) electrons. The third-order valence-corrected chi connectivity index (χ3v) is 3.06. The number of hydrogen-bond donors (Lipinski definition) is 2. The fourth-order valence-electron chi connectivity index (χ4n) is 1.50. The Bertz CT molecular complexity index is 405. The summed E-state index contributed by atoms with van der Waals surface area (Å²) in [6.07, 6.45) is 0. The highest BCUT2D eigenvalue weighted by atomic mass is 79.9. The van der Waals surface area contributed by atoms with Crippen LogP contribution >= 0.6 is 15.9 Å². The van der Waals surface area contributed by atoms with Crippen LogP contribution in [-0.4, -0.2) is 23.9 Å². The minimum atomic E-state index is -0.763. The number of rotatable bonds is 3. The molecule has 0 unspecified atom stereocenters. The first-order chi connectivity index (χ1) is 7.35. The van der Waals surface area contributed by atoms with E-state index in [0.29, 0.717) is 10.0 Å². The number of phenols is 1. The number of benzene rings is 1. The van der Waals surface area contributed by atoms with E-state index >= 15 is 0 Å². The van der Waals surface area contributed by atoms with Crippen LogP contribution in [0.15, 0.2) is 10.5 Å². The average Bonchev–Trinajstić information content (AvgIpc) is 2.22. The van der Waals surface area contributed by atoms with Gasteiger partial charge in [0, 0.05) is 15.5 Å². The van der Waals surface area contributed by atoms with Gasteiger partial charge in [-0.05, 0) is 6.07 Å². The van der Waals surface area contributed by atoms with E-state index in [2.05, 4.69) is 15.9 Å². The van der Waals surface area contributed by atoms with E-state index in [1.807, 2.05) is 0 Å². The molecule has 1 rings (SSSR count). The molecule has 0 heterocycles. The summed E-state index contributed by atoms with van der Waals surface area (Å²) in [6.45, 7) is 3.40. The molecular weight excluding hydrogens is 279 g/mol. The molecule has 16 heavy (non-hydrogen) atoms. The Morgan fingerprint density at radius 3 is 2.50 bits per heavy atom. The van der Waals surface area contributed by atoms with E-state index < -0.39 is 17.0 Å². The summed E-state index contributed by atoms with van der Waals surface area (Å²) in [5, 5.41) is 18.9. The summed E-state index contributed by atoms with van der Waals surface area (Å²) in [5.74, 6) is -1.26. The molecule has 0 aliphatic rings. The van der Waals surface area contributed by atoms with Crippen LogP contribution < -0.4 is 4.74 Å². The van der Waals surface area contributed by atoms with Crippen molar-refractivity contribution in [3.05, 3.63) is 21.9 Å². The second-order valence-corrected chi connectivity index (χ2v) is 4.99. The Labute approximate surface area is 102 Å². The predicted octanol–water partition coefficient (Wildman–Crippen LogP) is 2.57. The molecule has 0 saturated carbocycles. The normalized spacial score (nSPS) is 11.6. The number of aromatic hydroxyl groups is 1. The molecule has 0 atom stereocenters. The molecule has 0 bridgehead atoms. The van der Waals surface area contributed by atoms with Crippen LogP contribution in [0.1, 0.15) is 19.4 Å². The van der Waals surface area contributed by atoms with Gasteiger partial charge >= 0.3 is 0 Å². The van der Waals surface area contributed by atoms with Crippen LogP contribution in [-0.2, 0) is 5.41 Å². The van der Waals surface area contributed by atoms with Crippen molar-refractivity contribution in [3.8, 4) is 11.5 Å². The molecule has 1 aromatic carbocycles. The topological polar surface area (TPSA) is 49.7 Å². The lowest BCUT2D eigenvalue weighted by Gasteiger charge is -2.26. The van der Waals surface area contributed by atoms with E-state index in [0.717, 1.165) is 6.07 Å². The van der Waals surface area contributed by atoms with Gasteiger partial charge in [0.1, 0.15) is 0 Å². The highest BCUT2D eigenvalue weighted by Gasteiger charge is 2.29. The van der Waals surface area contributed by atoms with Crippen LogP contribution in [0.2, 0.25) is 0 Å². The van der Waals surface area contributed by atoms with Crippen LogP contribution in [0, 0.1) is 5.82 Å². The number of aliphatic hydroxyl groups is 1. The van der Waals surface area contributed by atoms with Crippen molar-refractivity contribution in [1.29, 1.82) is 0 Å². The summed E-state index contributed by atoms with van der Waals surface area (Å²) in [6, 6.07) is 1.16. The lowest BCUT2D eigenvalue weighted by Crippen LogP contribution is -2.23. The second kappa shape index (κ2) is 4.59. The minimum Gasteiger partial charge on any atom is -0.502 e. The Morgan fingerprint density at radius 1 is 1.50 bits per heavy atom. The van der Waals surface area contributed by atoms with Crippen molar-refractivity contribution >= 4 is 15.9 Å². The molecule has 5 heteroatoms. The van der Waals surface area contributed by atoms with Gasteiger partial charge in [-0.15, -0.1) is 0 Å². The van der Waals surface area contributed by atoms with Crippen molar-refractivity contribution in [2.45, 2.75) is 19.3 Å². The summed E-state index contributed by atoms with van der Waals surface area (Å²) in [7, 11) is 1.35. The standard InChI is InChI=1S/C11H14BrFO3/c1-11(2,5-14)8-6(12)4-7(13)9(15)10(8)16-3/h4,14-15H,5H2,1-3H3. The molecule has 0 saturated heterocycles. The third kappa shape index (κ3) is 2.15. The zero-order chi connectivity index (χ0) is 12.5. The second-order valence-electron chi connectivity index (χ2n) is 4.14. The van der Waals surface area contributed by atoms with E-state index in [4.69, 9.17) is 4.74 Å². The number of hydrogen-bond acceptors (Lipinski definition) is 3. The number of phenolic OH excluding ortho intramolecular Hbond substituents is 1. The quantitative estimate of drug-likeness (QED) is 0.900. The number of aliphatic hydroxyl groups excluding tert-OH is 1. The first-order valence-corrected chi connectivity index (χ1v) is 5.50. The molecule has 0 aromatic heterocycles. The largest absolute Gasteiger partial charge is 0.502 e. The van der Waals surface area contributed by atoms with Crippen molar-refractivity contribution in [1.82, 2.24) is 0 Å². The van der Waals surface area contributed by atoms with Gasteiger partial charge in [-0.3, -0.25) is 0 Å². The van der Waals surface area contributed by atoms with Gasteiger partial charge in [-0.1, -0.05) is 29.8 Å². The SMILES string of the molecule is COc1c(O)c(F)cc(Br)c1C(C)(C)CO. The molecule has 0 amide bonds. The Kier molecular flexibility index (Phi) is 3.80. The molecule has 90 valence electrons. The van der Waals surface area contributed by atoms with Crippen molar-refractivity contribution in [3.63, 3.8) is 0 Å². The summed E-state index contributed by atoms with van der Waals surface area (Å²) < 4.78 is 18.7. The fourth-order valence-corrected chi connectivity index (χ4v) is 2.41. The highest BCUT2D eigenvalue weighted by molar-refractivity contribution is 9.10. The van der Waals surface area contributed by atoms with Crippen molar-refractivity contribution < 1.29 is 19.3 Å². The summed E-state index contributed by atoms with van der Waals surface area (Å²) in [4.78, 5) is 0. The minimum absolute atomic E-state index is 0.0472. The van der Waals surface area contributed by atoms with E-state index in [-0.39, 0.29) is 12.4 Å². The fraction of sp³-hybridized carbons (Fsp3) is 0.455. The van der Waals surface area contributed by atoms with Crippen molar-refractivity contribution in [2.24, 2.45) is 0 Å². The number of ether oxygens (including phenoxy) is 1. The van der Waals surface area contributed by atoms with Gasteiger partial charge in [0.05, 0.1) is 13.7 Å². The Morgan fingerprint density at radius 2 is 2.06 bits per heavy atom. The molecular formula is C11H14BrFO3. The molecule has 0 aliphatic heterocycles. The maximum Gasteiger partial charge on any atom is 0.194 e. The summed E-state index contributed by atoms with van der Waals surface area (Å²) in [5.41, 5.74) is -0.105. The molecule has 0 aliphatic carbocycles. The lowest BCUT2D eigenvalue weighted by molar-refractivity contribution is 0.213. The van der Waals surface area contributed by atoms with Gasteiger partial charge in [0.25, 0.3) is 0 Å². The maximum absolute atomic E-state index is 13.3. The molecule has 0 spiro atoms. The average molecular weight is 293 g/mol. The van der Waals surface area contributed by atoms with E-state index in [1.54, 1.807) is 13.8 Å². The van der Waals surface area contributed by atoms with Gasteiger partial charge in [-0.2, -0.15) is 0 Å². The van der Waals surface area contributed by atoms with Crippen LogP contribution in [0.25, 0.3) is 0 Å². The highest BCUT2D eigenvalue weighted by Crippen LogP contribution is 2.43. The van der Waals surface area contributed by atoms with Crippen LogP contribution in [0.3, 0.4) is 0 Å². The van der Waals surface area contributed by atoms with Crippen molar-refractivity contribution in [2.75, 3.05) is 13.7 Å². The number of halogens is 2.